The standard InChI is InChI=1S/C9H15N3S/c1-6(10)9-12-11-8(13-9)5-7-3-2-4-7/h6-7H,2-5,10H2,1H3. The van der Waals surface area contributed by atoms with Crippen molar-refractivity contribution >= 4 is 11.3 Å². The molecule has 1 aliphatic carbocycles. The van der Waals surface area contributed by atoms with E-state index in [1.54, 1.807) is 11.3 Å². The Bertz CT molecular complexity index is 278. The van der Waals surface area contributed by atoms with Crippen molar-refractivity contribution in [3.05, 3.63) is 10.0 Å². The van der Waals surface area contributed by atoms with Crippen LogP contribution in [-0.2, 0) is 6.42 Å². The van der Waals surface area contributed by atoms with E-state index in [1.807, 2.05) is 6.92 Å². The molecular formula is C9H15N3S. The molecule has 1 fully saturated rings. The van der Waals surface area contributed by atoms with Crippen LogP contribution in [0.1, 0.15) is 42.2 Å². The van der Waals surface area contributed by atoms with Crippen LogP contribution in [0.4, 0.5) is 0 Å². The first-order valence-corrected chi connectivity index (χ1v) is 5.65. The maximum absolute atomic E-state index is 5.71. The fourth-order valence-electron chi connectivity index (χ4n) is 1.48. The van der Waals surface area contributed by atoms with Gasteiger partial charge in [-0.2, -0.15) is 0 Å². The molecule has 2 N–H and O–H groups in total. The zero-order valence-corrected chi connectivity index (χ0v) is 8.68. The molecule has 0 amide bonds. The van der Waals surface area contributed by atoms with Crippen molar-refractivity contribution in [1.82, 2.24) is 10.2 Å². The van der Waals surface area contributed by atoms with Crippen LogP contribution in [0.25, 0.3) is 0 Å². The molecule has 4 heteroatoms. The number of nitrogens with zero attached hydrogens (tertiary/aromatic N) is 2. The molecule has 0 aromatic carbocycles. The van der Waals surface area contributed by atoms with Gasteiger partial charge in [0.05, 0.1) is 6.04 Å². The Morgan fingerprint density at radius 1 is 1.54 bits per heavy atom. The van der Waals surface area contributed by atoms with E-state index in [4.69, 9.17) is 5.73 Å². The summed E-state index contributed by atoms with van der Waals surface area (Å²) in [5.74, 6) is 0.869. The Balaban J connectivity index is 1.96. The van der Waals surface area contributed by atoms with Gasteiger partial charge in [0.25, 0.3) is 0 Å². The van der Waals surface area contributed by atoms with Crippen molar-refractivity contribution in [3.63, 3.8) is 0 Å². The minimum Gasteiger partial charge on any atom is -0.322 e. The van der Waals surface area contributed by atoms with Gasteiger partial charge in [-0.25, -0.2) is 0 Å². The molecule has 2 rings (SSSR count). The molecule has 13 heavy (non-hydrogen) atoms. The van der Waals surface area contributed by atoms with Crippen molar-refractivity contribution in [2.75, 3.05) is 0 Å². The van der Waals surface area contributed by atoms with Gasteiger partial charge in [-0.1, -0.05) is 30.6 Å². The van der Waals surface area contributed by atoms with Gasteiger partial charge in [0.1, 0.15) is 10.0 Å². The minimum atomic E-state index is 0.0349. The predicted octanol–water partition coefficient (Wildman–Crippen LogP) is 1.90. The summed E-state index contributed by atoms with van der Waals surface area (Å²) in [5, 5.41) is 10.3. The second-order valence-corrected chi connectivity index (χ2v) is 4.92. The molecule has 0 spiro atoms. The van der Waals surface area contributed by atoms with Crippen molar-refractivity contribution in [1.29, 1.82) is 0 Å². The SMILES string of the molecule is CC(N)c1nnc(CC2CCC2)s1. The third kappa shape index (κ3) is 2.06. The lowest BCUT2D eigenvalue weighted by Crippen LogP contribution is -2.13. The largest absolute Gasteiger partial charge is 0.322 e. The molecule has 1 aromatic heterocycles. The number of hydrogen-bond donors (Lipinski definition) is 1. The lowest BCUT2D eigenvalue weighted by molar-refractivity contribution is 0.313. The Kier molecular flexibility index (Phi) is 2.60. The Morgan fingerprint density at radius 3 is 2.77 bits per heavy atom. The maximum Gasteiger partial charge on any atom is 0.133 e. The molecule has 3 nitrogen and oxygen atoms in total. The second-order valence-electron chi connectivity index (χ2n) is 3.82. The van der Waals surface area contributed by atoms with E-state index in [2.05, 4.69) is 10.2 Å². The number of nitrogens with two attached hydrogens (primary N) is 1. The van der Waals surface area contributed by atoms with Gasteiger partial charge in [0.2, 0.25) is 0 Å². The van der Waals surface area contributed by atoms with Gasteiger partial charge >= 0.3 is 0 Å². The van der Waals surface area contributed by atoms with Crippen LogP contribution < -0.4 is 5.73 Å². The first kappa shape index (κ1) is 9.09. The van der Waals surface area contributed by atoms with Crippen LogP contribution in [0.5, 0.6) is 0 Å². The Labute approximate surface area is 82.4 Å². The van der Waals surface area contributed by atoms with Crippen LogP contribution in [0.15, 0.2) is 0 Å². The lowest BCUT2D eigenvalue weighted by atomic mass is 9.83. The highest BCUT2D eigenvalue weighted by Gasteiger charge is 2.20. The summed E-state index contributed by atoms with van der Waals surface area (Å²) in [7, 11) is 0. The van der Waals surface area contributed by atoms with Crippen LogP contribution in [-0.4, -0.2) is 10.2 Å². The normalized spacial score (nSPS) is 19.8. The monoisotopic (exact) mass is 197 g/mol. The summed E-state index contributed by atoms with van der Waals surface area (Å²) in [4.78, 5) is 0. The fourth-order valence-corrected chi connectivity index (χ4v) is 2.39. The summed E-state index contributed by atoms with van der Waals surface area (Å²) in [6.45, 7) is 1.95. The van der Waals surface area contributed by atoms with E-state index in [9.17, 15) is 0 Å². The third-order valence-electron chi connectivity index (χ3n) is 2.56. The zero-order chi connectivity index (χ0) is 9.26. The first-order chi connectivity index (χ1) is 6.25. The predicted molar refractivity (Wildman–Crippen MR) is 53.6 cm³/mol. The highest BCUT2D eigenvalue weighted by molar-refractivity contribution is 7.11. The molecule has 1 saturated carbocycles. The second kappa shape index (κ2) is 3.72. The summed E-state index contributed by atoms with van der Waals surface area (Å²) < 4.78 is 0. The third-order valence-corrected chi connectivity index (χ3v) is 3.71. The molecule has 1 aromatic rings. The molecule has 0 bridgehead atoms. The van der Waals surface area contributed by atoms with Gasteiger partial charge in [0.15, 0.2) is 0 Å². The van der Waals surface area contributed by atoms with Crippen LogP contribution in [0.3, 0.4) is 0 Å². The molecule has 0 radical (unpaired) electrons. The van der Waals surface area contributed by atoms with Crippen molar-refractivity contribution in [2.45, 2.75) is 38.6 Å². The molecule has 72 valence electrons. The van der Waals surface area contributed by atoms with Crippen molar-refractivity contribution < 1.29 is 0 Å². The smallest absolute Gasteiger partial charge is 0.133 e. The van der Waals surface area contributed by atoms with Crippen LogP contribution in [0, 0.1) is 5.92 Å². The molecule has 0 saturated heterocycles. The molecule has 1 heterocycles. The van der Waals surface area contributed by atoms with Crippen molar-refractivity contribution in [2.24, 2.45) is 11.7 Å². The molecule has 1 aliphatic rings. The summed E-state index contributed by atoms with van der Waals surface area (Å²) in [6.07, 6.45) is 5.24. The Morgan fingerprint density at radius 2 is 2.31 bits per heavy atom. The molecule has 1 unspecified atom stereocenters. The average molecular weight is 197 g/mol. The van der Waals surface area contributed by atoms with E-state index in [-0.39, 0.29) is 6.04 Å². The van der Waals surface area contributed by atoms with Gasteiger partial charge < -0.3 is 5.73 Å². The summed E-state index contributed by atoms with van der Waals surface area (Å²) >= 11 is 1.67. The molecular weight excluding hydrogens is 182 g/mol. The molecule has 1 atom stereocenters. The summed E-state index contributed by atoms with van der Waals surface area (Å²) in [6, 6.07) is 0.0349. The highest BCUT2D eigenvalue weighted by Crippen LogP contribution is 2.30. The number of hydrogen-bond acceptors (Lipinski definition) is 4. The molecule has 0 aliphatic heterocycles. The van der Waals surface area contributed by atoms with E-state index >= 15 is 0 Å². The van der Waals surface area contributed by atoms with Gasteiger partial charge in [-0.15, -0.1) is 10.2 Å². The lowest BCUT2D eigenvalue weighted by Gasteiger charge is -2.23. The van der Waals surface area contributed by atoms with Gasteiger partial charge in [-0.05, 0) is 12.8 Å². The topological polar surface area (TPSA) is 51.8 Å². The first-order valence-electron chi connectivity index (χ1n) is 4.83. The van der Waals surface area contributed by atoms with E-state index in [0.717, 1.165) is 22.4 Å². The quantitative estimate of drug-likeness (QED) is 0.805. The van der Waals surface area contributed by atoms with Crippen LogP contribution in [0.2, 0.25) is 0 Å². The maximum atomic E-state index is 5.71. The minimum absolute atomic E-state index is 0.0349. The van der Waals surface area contributed by atoms with E-state index < -0.39 is 0 Å². The van der Waals surface area contributed by atoms with E-state index in [1.165, 1.54) is 19.3 Å². The van der Waals surface area contributed by atoms with Crippen molar-refractivity contribution in [3.8, 4) is 0 Å². The van der Waals surface area contributed by atoms with Gasteiger partial charge in [-0.3, -0.25) is 0 Å². The highest BCUT2D eigenvalue weighted by atomic mass is 32.1. The Hall–Kier alpha value is -0.480. The average Bonchev–Trinajstić information content (AvgIpc) is 2.44. The van der Waals surface area contributed by atoms with E-state index in [0.29, 0.717) is 0 Å². The number of rotatable bonds is 3. The zero-order valence-electron chi connectivity index (χ0n) is 7.86. The summed E-state index contributed by atoms with van der Waals surface area (Å²) in [5.41, 5.74) is 5.71. The number of aromatic nitrogens is 2. The van der Waals surface area contributed by atoms with Gasteiger partial charge in [0, 0.05) is 6.42 Å². The fraction of sp³-hybridized carbons (Fsp3) is 0.778. The van der Waals surface area contributed by atoms with Crippen LogP contribution >= 0.6 is 11.3 Å².